The van der Waals surface area contributed by atoms with Gasteiger partial charge in [-0.05, 0) is 42.3 Å². The molecule has 0 fully saturated rings. The van der Waals surface area contributed by atoms with Gasteiger partial charge in [0.2, 0.25) is 0 Å². The monoisotopic (exact) mass is 257 g/mol. The molecule has 2 rings (SSSR count). The summed E-state index contributed by atoms with van der Waals surface area (Å²) in [6.45, 7) is 2.05. The third kappa shape index (κ3) is 3.31. The summed E-state index contributed by atoms with van der Waals surface area (Å²) in [5.74, 6) is 0.743. The van der Waals surface area contributed by atoms with E-state index in [2.05, 4.69) is 6.92 Å². The van der Waals surface area contributed by atoms with Crippen molar-refractivity contribution in [3.05, 3.63) is 48.0 Å². The number of nitrogens with two attached hydrogens (primary N) is 3. The molecule has 1 unspecified atom stereocenters. The smallest absolute Gasteiger partial charge is 0.124 e. The molecule has 0 amide bonds. The van der Waals surface area contributed by atoms with Gasteiger partial charge in [-0.1, -0.05) is 13.0 Å². The standard InChI is InChI=1S/C15H19N3O/c1-2-15(10-6-12(17)8-13(18)7-10)19-14-5-3-4-11(16)9-14/h3-9,15H,2,16-18H2,1H3. The number of rotatable bonds is 4. The average molecular weight is 257 g/mol. The third-order valence-electron chi connectivity index (χ3n) is 2.88. The van der Waals surface area contributed by atoms with Crippen LogP contribution in [0.3, 0.4) is 0 Å². The predicted octanol–water partition coefficient (Wildman–Crippen LogP) is 2.96. The van der Waals surface area contributed by atoms with E-state index in [-0.39, 0.29) is 6.10 Å². The maximum atomic E-state index is 5.95. The van der Waals surface area contributed by atoms with E-state index in [1.54, 1.807) is 12.1 Å². The van der Waals surface area contributed by atoms with Gasteiger partial charge in [-0.2, -0.15) is 0 Å². The highest BCUT2D eigenvalue weighted by atomic mass is 16.5. The van der Waals surface area contributed by atoms with E-state index in [4.69, 9.17) is 21.9 Å². The molecule has 0 aliphatic carbocycles. The average Bonchev–Trinajstić information content (AvgIpc) is 2.34. The first kappa shape index (κ1) is 13.1. The minimum atomic E-state index is -0.0902. The molecular weight excluding hydrogens is 238 g/mol. The SMILES string of the molecule is CCC(Oc1cccc(N)c1)c1cc(N)cc(N)c1. The van der Waals surface area contributed by atoms with Gasteiger partial charge in [0.15, 0.2) is 0 Å². The second kappa shape index (κ2) is 5.52. The summed E-state index contributed by atoms with van der Waals surface area (Å²) in [4.78, 5) is 0. The van der Waals surface area contributed by atoms with E-state index in [0.717, 1.165) is 17.7 Å². The third-order valence-corrected chi connectivity index (χ3v) is 2.88. The Bertz CT molecular complexity index is 549. The summed E-state index contributed by atoms with van der Waals surface area (Å²) in [7, 11) is 0. The van der Waals surface area contributed by atoms with E-state index in [1.807, 2.05) is 30.3 Å². The lowest BCUT2D eigenvalue weighted by Gasteiger charge is -2.19. The molecule has 0 heterocycles. The van der Waals surface area contributed by atoms with Gasteiger partial charge in [-0.3, -0.25) is 0 Å². The van der Waals surface area contributed by atoms with Crippen molar-refractivity contribution in [1.29, 1.82) is 0 Å². The molecule has 100 valence electrons. The van der Waals surface area contributed by atoms with Crippen molar-refractivity contribution >= 4 is 17.1 Å². The van der Waals surface area contributed by atoms with Gasteiger partial charge in [0.05, 0.1) is 0 Å². The van der Waals surface area contributed by atoms with Gasteiger partial charge in [0.25, 0.3) is 0 Å². The molecule has 0 aliphatic rings. The lowest BCUT2D eigenvalue weighted by Crippen LogP contribution is -2.08. The van der Waals surface area contributed by atoms with Crippen LogP contribution in [0.5, 0.6) is 5.75 Å². The minimum absolute atomic E-state index is 0.0902. The summed E-state index contributed by atoms with van der Waals surface area (Å²) in [6.07, 6.45) is 0.727. The predicted molar refractivity (Wildman–Crippen MR) is 79.8 cm³/mol. The van der Waals surface area contributed by atoms with Crippen molar-refractivity contribution in [2.45, 2.75) is 19.4 Å². The van der Waals surface area contributed by atoms with Crippen molar-refractivity contribution < 1.29 is 4.74 Å². The van der Waals surface area contributed by atoms with E-state index in [1.165, 1.54) is 0 Å². The van der Waals surface area contributed by atoms with Crippen molar-refractivity contribution in [3.8, 4) is 5.75 Å². The molecule has 0 aromatic heterocycles. The number of hydrogen-bond donors (Lipinski definition) is 3. The van der Waals surface area contributed by atoms with Crippen LogP contribution < -0.4 is 21.9 Å². The van der Waals surface area contributed by atoms with E-state index in [0.29, 0.717) is 17.1 Å². The maximum Gasteiger partial charge on any atom is 0.124 e. The first-order valence-corrected chi connectivity index (χ1v) is 6.26. The Balaban J connectivity index is 2.24. The molecule has 2 aromatic carbocycles. The summed E-state index contributed by atoms with van der Waals surface area (Å²) in [5, 5.41) is 0. The zero-order chi connectivity index (χ0) is 13.8. The summed E-state index contributed by atoms with van der Waals surface area (Å²) in [5.41, 5.74) is 20.3. The van der Waals surface area contributed by atoms with Crippen LogP contribution in [0.15, 0.2) is 42.5 Å². The highest BCUT2D eigenvalue weighted by Gasteiger charge is 2.12. The number of benzene rings is 2. The molecule has 0 saturated carbocycles. The van der Waals surface area contributed by atoms with Crippen LogP contribution in [0, 0.1) is 0 Å². The quantitative estimate of drug-likeness (QED) is 0.735. The normalized spacial score (nSPS) is 12.1. The Kier molecular flexibility index (Phi) is 3.80. The lowest BCUT2D eigenvalue weighted by molar-refractivity contribution is 0.201. The number of anilines is 3. The number of nitrogen functional groups attached to an aromatic ring is 3. The second-order valence-corrected chi connectivity index (χ2v) is 4.52. The van der Waals surface area contributed by atoms with Gasteiger partial charge in [-0.25, -0.2) is 0 Å². The number of ether oxygens (including phenoxy) is 1. The first-order valence-electron chi connectivity index (χ1n) is 6.26. The van der Waals surface area contributed by atoms with Gasteiger partial charge in [0.1, 0.15) is 11.9 Å². The largest absolute Gasteiger partial charge is 0.486 e. The van der Waals surface area contributed by atoms with Gasteiger partial charge in [0, 0.05) is 23.1 Å². The molecule has 0 spiro atoms. The molecule has 19 heavy (non-hydrogen) atoms. The molecule has 0 saturated heterocycles. The molecule has 0 bridgehead atoms. The summed E-state index contributed by atoms with van der Waals surface area (Å²) < 4.78 is 5.95. The van der Waals surface area contributed by atoms with Gasteiger partial charge in [-0.15, -0.1) is 0 Å². The van der Waals surface area contributed by atoms with Crippen LogP contribution in [-0.2, 0) is 0 Å². The van der Waals surface area contributed by atoms with Crippen molar-refractivity contribution in [1.82, 2.24) is 0 Å². The van der Waals surface area contributed by atoms with Crippen LogP contribution in [0.2, 0.25) is 0 Å². The highest BCUT2D eigenvalue weighted by molar-refractivity contribution is 5.55. The van der Waals surface area contributed by atoms with Crippen LogP contribution in [0.1, 0.15) is 25.0 Å². The molecule has 0 aliphatic heterocycles. The lowest BCUT2D eigenvalue weighted by atomic mass is 10.1. The fraction of sp³-hybridized carbons (Fsp3) is 0.200. The van der Waals surface area contributed by atoms with Crippen LogP contribution in [0.25, 0.3) is 0 Å². The van der Waals surface area contributed by atoms with E-state index >= 15 is 0 Å². The molecule has 1 atom stereocenters. The van der Waals surface area contributed by atoms with Crippen LogP contribution in [-0.4, -0.2) is 0 Å². The van der Waals surface area contributed by atoms with Crippen LogP contribution >= 0.6 is 0 Å². The number of hydrogen-bond acceptors (Lipinski definition) is 4. The molecular formula is C15H19N3O. The topological polar surface area (TPSA) is 87.3 Å². The zero-order valence-corrected chi connectivity index (χ0v) is 11.0. The highest BCUT2D eigenvalue weighted by Crippen LogP contribution is 2.28. The van der Waals surface area contributed by atoms with E-state index in [9.17, 15) is 0 Å². The second-order valence-electron chi connectivity index (χ2n) is 4.52. The molecule has 0 radical (unpaired) electrons. The maximum absolute atomic E-state index is 5.95. The molecule has 4 heteroatoms. The Hall–Kier alpha value is -2.36. The first-order chi connectivity index (χ1) is 9.08. The molecule has 6 N–H and O–H groups in total. The Morgan fingerprint density at radius 1 is 0.947 bits per heavy atom. The fourth-order valence-electron chi connectivity index (χ4n) is 2.03. The molecule has 4 nitrogen and oxygen atoms in total. The minimum Gasteiger partial charge on any atom is -0.486 e. The van der Waals surface area contributed by atoms with Crippen molar-refractivity contribution in [2.24, 2.45) is 0 Å². The summed E-state index contributed by atoms with van der Waals surface area (Å²) >= 11 is 0. The van der Waals surface area contributed by atoms with Crippen LogP contribution in [0.4, 0.5) is 17.1 Å². The Morgan fingerprint density at radius 2 is 1.63 bits per heavy atom. The van der Waals surface area contributed by atoms with Crippen molar-refractivity contribution in [2.75, 3.05) is 17.2 Å². The summed E-state index contributed by atoms with van der Waals surface area (Å²) in [6, 6.07) is 12.9. The molecule has 2 aromatic rings. The Labute approximate surface area is 113 Å². The van der Waals surface area contributed by atoms with E-state index < -0.39 is 0 Å². The fourth-order valence-corrected chi connectivity index (χ4v) is 2.03. The van der Waals surface area contributed by atoms with Gasteiger partial charge < -0.3 is 21.9 Å². The Morgan fingerprint density at radius 3 is 2.21 bits per heavy atom. The van der Waals surface area contributed by atoms with Crippen molar-refractivity contribution in [3.63, 3.8) is 0 Å². The van der Waals surface area contributed by atoms with Gasteiger partial charge >= 0.3 is 0 Å². The zero-order valence-electron chi connectivity index (χ0n) is 11.0.